The zero-order valence-corrected chi connectivity index (χ0v) is 13.0. The van der Waals surface area contributed by atoms with Gasteiger partial charge in [0.15, 0.2) is 0 Å². The SMILES string of the molecule is CCN1CCOC(CNc2ncnc3c2CCCCC3)C1. The number of nitrogens with one attached hydrogen (secondary N) is 1. The zero-order valence-electron chi connectivity index (χ0n) is 13.0. The highest BCUT2D eigenvalue weighted by Crippen LogP contribution is 2.23. The van der Waals surface area contributed by atoms with Crippen LogP contribution in [0.25, 0.3) is 0 Å². The second-order valence-corrected chi connectivity index (χ2v) is 5.98. The molecule has 0 bridgehead atoms. The van der Waals surface area contributed by atoms with Crippen LogP contribution in [0.4, 0.5) is 5.82 Å². The molecule has 1 unspecified atom stereocenters. The Labute approximate surface area is 127 Å². The third kappa shape index (κ3) is 3.71. The van der Waals surface area contributed by atoms with Gasteiger partial charge < -0.3 is 10.1 Å². The minimum atomic E-state index is 0.259. The Balaban J connectivity index is 1.62. The minimum Gasteiger partial charge on any atom is -0.374 e. The quantitative estimate of drug-likeness (QED) is 0.858. The number of aromatic nitrogens is 2. The van der Waals surface area contributed by atoms with Gasteiger partial charge in [-0.3, -0.25) is 4.90 Å². The number of rotatable bonds is 4. The van der Waals surface area contributed by atoms with Crippen molar-refractivity contribution >= 4 is 5.82 Å². The van der Waals surface area contributed by atoms with E-state index in [1.54, 1.807) is 6.33 Å². The van der Waals surface area contributed by atoms with Crippen LogP contribution in [0.3, 0.4) is 0 Å². The maximum atomic E-state index is 5.85. The first-order chi connectivity index (χ1) is 10.4. The van der Waals surface area contributed by atoms with Gasteiger partial charge in [0.2, 0.25) is 0 Å². The summed E-state index contributed by atoms with van der Waals surface area (Å²) >= 11 is 0. The van der Waals surface area contributed by atoms with Crippen molar-refractivity contribution in [2.45, 2.75) is 45.1 Å². The molecule has 1 saturated heterocycles. The molecule has 1 atom stereocenters. The maximum Gasteiger partial charge on any atom is 0.132 e. The topological polar surface area (TPSA) is 50.3 Å². The molecule has 1 fully saturated rings. The number of anilines is 1. The standard InChI is InChI=1S/C16H26N4O/c1-2-20-8-9-21-13(11-20)10-17-16-14-6-4-3-5-7-15(14)18-12-19-16/h12-13H,2-11H2,1H3,(H,17,18,19). The molecule has 1 N–H and O–H groups in total. The number of nitrogens with zero attached hydrogens (tertiary/aromatic N) is 3. The van der Waals surface area contributed by atoms with E-state index < -0.39 is 0 Å². The van der Waals surface area contributed by atoms with Crippen LogP contribution in [0.2, 0.25) is 0 Å². The normalized spacial score (nSPS) is 23.4. The first kappa shape index (κ1) is 14.7. The molecular formula is C16H26N4O. The van der Waals surface area contributed by atoms with Gasteiger partial charge in [-0.1, -0.05) is 13.3 Å². The summed E-state index contributed by atoms with van der Waals surface area (Å²) in [4.78, 5) is 11.4. The molecule has 1 aromatic rings. The molecule has 0 saturated carbocycles. The van der Waals surface area contributed by atoms with E-state index in [4.69, 9.17) is 4.74 Å². The molecule has 0 aromatic carbocycles. The molecule has 116 valence electrons. The van der Waals surface area contributed by atoms with Gasteiger partial charge in [0.05, 0.1) is 12.7 Å². The first-order valence-corrected chi connectivity index (χ1v) is 8.27. The van der Waals surface area contributed by atoms with Crippen LogP contribution in [-0.2, 0) is 17.6 Å². The number of hydrogen-bond acceptors (Lipinski definition) is 5. The summed E-state index contributed by atoms with van der Waals surface area (Å²) in [6.07, 6.45) is 7.95. The summed E-state index contributed by atoms with van der Waals surface area (Å²) in [5, 5.41) is 3.51. The van der Waals surface area contributed by atoms with E-state index in [1.165, 1.54) is 30.5 Å². The average molecular weight is 290 g/mol. The molecular weight excluding hydrogens is 264 g/mol. The van der Waals surface area contributed by atoms with Crippen molar-refractivity contribution in [3.8, 4) is 0 Å². The van der Waals surface area contributed by atoms with Crippen LogP contribution in [-0.4, -0.2) is 53.8 Å². The van der Waals surface area contributed by atoms with Gasteiger partial charge in [0.1, 0.15) is 12.1 Å². The number of likely N-dealkylation sites (N-methyl/N-ethyl adjacent to an activating group) is 1. The molecule has 5 nitrogen and oxygen atoms in total. The van der Waals surface area contributed by atoms with Crippen LogP contribution in [0.1, 0.15) is 37.4 Å². The minimum absolute atomic E-state index is 0.259. The van der Waals surface area contributed by atoms with Crippen LogP contribution >= 0.6 is 0 Å². The highest BCUT2D eigenvalue weighted by molar-refractivity contribution is 5.46. The molecule has 21 heavy (non-hydrogen) atoms. The smallest absolute Gasteiger partial charge is 0.132 e. The van der Waals surface area contributed by atoms with Gasteiger partial charge in [-0.25, -0.2) is 9.97 Å². The lowest BCUT2D eigenvalue weighted by molar-refractivity contribution is -0.0192. The lowest BCUT2D eigenvalue weighted by Gasteiger charge is -2.32. The predicted molar refractivity (Wildman–Crippen MR) is 83.6 cm³/mol. The van der Waals surface area contributed by atoms with E-state index in [2.05, 4.69) is 27.1 Å². The Hall–Kier alpha value is -1.20. The van der Waals surface area contributed by atoms with Gasteiger partial charge in [0, 0.05) is 30.9 Å². The Morgan fingerprint density at radius 1 is 1.29 bits per heavy atom. The average Bonchev–Trinajstić information content (AvgIpc) is 2.79. The van der Waals surface area contributed by atoms with E-state index >= 15 is 0 Å². The van der Waals surface area contributed by atoms with Crippen LogP contribution < -0.4 is 5.32 Å². The molecule has 1 aliphatic heterocycles. The van der Waals surface area contributed by atoms with Crippen molar-refractivity contribution in [1.82, 2.24) is 14.9 Å². The third-order valence-electron chi connectivity index (χ3n) is 4.54. The first-order valence-electron chi connectivity index (χ1n) is 8.27. The highest BCUT2D eigenvalue weighted by Gasteiger charge is 2.20. The summed E-state index contributed by atoms with van der Waals surface area (Å²) in [6.45, 7) is 7.04. The lowest BCUT2D eigenvalue weighted by atomic mass is 10.1. The second kappa shape index (κ2) is 7.18. The Morgan fingerprint density at radius 2 is 2.19 bits per heavy atom. The van der Waals surface area contributed by atoms with Crippen LogP contribution in [0, 0.1) is 0 Å². The monoisotopic (exact) mass is 290 g/mol. The molecule has 1 aromatic heterocycles. The largest absolute Gasteiger partial charge is 0.374 e. The van der Waals surface area contributed by atoms with E-state index in [-0.39, 0.29) is 6.10 Å². The van der Waals surface area contributed by atoms with Crippen LogP contribution in [0.15, 0.2) is 6.33 Å². The van der Waals surface area contributed by atoms with E-state index in [0.717, 1.165) is 51.4 Å². The second-order valence-electron chi connectivity index (χ2n) is 5.98. The van der Waals surface area contributed by atoms with Gasteiger partial charge in [-0.05, 0) is 32.2 Å². The van der Waals surface area contributed by atoms with Gasteiger partial charge >= 0.3 is 0 Å². The molecule has 2 heterocycles. The van der Waals surface area contributed by atoms with Crippen LogP contribution in [0.5, 0.6) is 0 Å². The fraction of sp³-hybridized carbons (Fsp3) is 0.750. The highest BCUT2D eigenvalue weighted by atomic mass is 16.5. The molecule has 5 heteroatoms. The summed E-state index contributed by atoms with van der Waals surface area (Å²) < 4.78 is 5.85. The number of ether oxygens (including phenoxy) is 1. The van der Waals surface area contributed by atoms with Crippen molar-refractivity contribution < 1.29 is 4.74 Å². The van der Waals surface area contributed by atoms with Crippen molar-refractivity contribution in [1.29, 1.82) is 0 Å². The van der Waals surface area contributed by atoms with Gasteiger partial charge in [-0.2, -0.15) is 0 Å². The third-order valence-corrected chi connectivity index (χ3v) is 4.54. The molecule has 3 rings (SSSR count). The van der Waals surface area contributed by atoms with Gasteiger partial charge in [-0.15, -0.1) is 0 Å². The van der Waals surface area contributed by atoms with Crippen molar-refractivity contribution in [2.75, 3.05) is 38.1 Å². The fourth-order valence-corrected chi connectivity index (χ4v) is 3.25. The summed E-state index contributed by atoms with van der Waals surface area (Å²) in [6, 6.07) is 0. The van der Waals surface area contributed by atoms with Crippen molar-refractivity contribution in [2.24, 2.45) is 0 Å². The van der Waals surface area contributed by atoms with E-state index in [9.17, 15) is 0 Å². The Bertz CT molecular complexity index is 466. The fourth-order valence-electron chi connectivity index (χ4n) is 3.25. The molecule has 0 amide bonds. The molecule has 0 radical (unpaired) electrons. The summed E-state index contributed by atoms with van der Waals surface area (Å²) in [5.41, 5.74) is 2.57. The predicted octanol–water partition coefficient (Wildman–Crippen LogP) is 1.88. The number of aryl methyl sites for hydroxylation is 1. The summed E-state index contributed by atoms with van der Waals surface area (Å²) in [5.74, 6) is 1.03. The van der Waals surface area contributed by atoms with E-state index in [0.29, 0.717) is 0 Å². The van der Waals surface area contributed by atoms with Gasteiger partial charge in [0.25, 0.3) is 0 Å². The van der Waals surface area contributed by atoms with Crippen molar-refractivity contribution in [3.05, 3.63) is 17.6 Å². The molecule has 1 aliphatic carbocycles. The molecule has 0 spiro atoms. The van der Waals surface area contributed by atoms with Crippen molar-refractivity contribution in [3.63, 3.8) is 0 Å². The zero-order chi connectivity index (χ0) is 14.5. The molecule has 2 aliphatic rings. The Kier molecular flexibility index (Phi) is 5.04. The number of morpholine rings is 1. The number of fused-ring (bicyclic) bond motifs is 1. The van der Waals surface area contributed by atoms with E-state index in [1.807, 2.05) is 0 Å². The lowest BCUT2D eigenvalue weighted by Crippen LogP contribution is -2.45. The maximum absolute atomic E-state index is 5.85. The Morgan fingerprint density at radius 3 is 3.10 bits per heavy atom. The summed E-state index contributed by atoms with van der Waals surface area (Å²) in [7, 11) is 0. The number of hydrogen-bond donors (Lipinski definition) is 1.